The normalized spacial score (nSPS) is 12.0. The van der Waals surface area contributed by atoms with Crippen LogP contribution in [0.2, 0.25) is 0 Å². The Bertz CT molecular complexity index is 704. The molecule has 2 heterocycles. The lowest BCUT2D eigenvalue weighted by molar-refractivity contribution is 0.560. The van der Waals surface area contributed by atoms with E-state index in [1.165, 1.54) is 11.3 Å². The highest BCUT2D eigenvalue weighted by atomic mass is 32.2. The summed E-state index contributed by atoms with van der Waals surface area (Å²) < 4.78 is 29.0. The zero-order valence-electron chi connectivity index (χ0n) is 12.4. The lowest BCUT2D eigenvalue weighted by Gasteiger charge is -2.06. The van der Waals surface area contributed by atoms with E-state index in [1.807, 2.05) is 27.1 Å². The van der Waals surface area contributed by atoms with E-state index in [-0.39, 0.29) is 0 Å². The van der Waals surface area contributed by atoms with Crippen LogP contribution in [0.4, 0.5) is 0 Å². The number of thiophene rings is 1. The Hall–Kier alpha value is -1.22. The van der Waals surface area contributed by atoms with Gasteiger partial charge in [-0.05, 0) is 32.5 Å². The number of aryl methyl sites for hydroxylation is 2. The molecule has 0 bridgehead atoms. The molecule has 0 amide bonds. The third-order valence-electron chi connectivity index (χ3n) is 2.96. The number of aromatic nitrogens is 2. The SMILES string of the molecule is CNCc1cc(S(=O)(=O)NCCn2cc(C)cn2)c(C)s1. The van der Waals surface area contributed by atoms with Gasteiger partial charge in [0, 0.05) is 29.0 Å². The molecule has 0 saturated heterocycles. The van der Waals surface area contributed by atoms with E-state index in [2.05, 4.69) is 15.1 Å². The Morgan fingerprint density at radius 3 is 2.76 bits per heavy atom. The summed E-state index contributed by atoms with van der Waals surface area (Å²) in [5.41, 5.74) is 1.06. The van der Waals surface area contributed by atoms with Crippen LogP contribution in [0.25, 0.3) is 0 Å². The maximum Gasteiger partial charge on any atom is 0.241 e. The molecule has 0 atom stereocenters. The van der Waals surface area contributed by atoms with Gasteiger partial charge < -0.3 is 5.32 Å². The van der Waals surface area contributed by atoms with Crippen molar-refractivity contribution in [2.24, 2.45) is 0 Å². The maximum atomic E-state index is 12.3. The lowest BCUT2D eigenvalue weighted by atomic mass is 10.4. The summed E-state index contributed by atoms with van der Waals surface area (Å²) in [7, 11) is -1.62. The smallest absolute Gasteiger partial charge is 0.241 e. The molecular formula is C13H20N4O2S2. The molecule has 2 aromatic rings. The Morgan fingerprint density at radius 1 is 1.38 bits per heavy atom. The van der Waals surface area contributed by atoms with Crippen LogP contribution in [0.1, 0.15) is 15.3 Å². The fraction of sp³-hybridized carbons (Fsp3) is 0.462. The summed E-state index contributed by atoms with van der Waals surface area (Å²) in [5, 5.41) is 7.16. The third kappa shape index (κ3) is 4.13. The van der Waals surface area contributed by atoms with Crippen molar-refractivity contribution < 1.29 is 8.42 Å². The van der Waals surface area contributed by atoms with Gasteiger partial charge in [0.05, 0.1) is 17.6 Å². The van der Waals surface area contributed by atoms with Crippen molar-refractivity contribution in [1.29, 1.82) is 0 Å². The molecule has 116 valence electrons. The van der Waals surface area contributed by atoms with Gasteiger partial charge in [-0.15, -0.1) is 11.3 Å². The third-order valence-corrected chi connectivity index (χ3v) is 5.73. The van der Waals surface area contributed by atoms with Crippen LogP contribution in [0.3, 0.4) is 0 Å². The molecule has 21 heavy (non-hydrogen) atoms. The van der Waals surface area contributed by atoms with E-state index in [9.17, 15) is 8.42 Å². The van der Waals surface area contributed by atoms with Crippen molar-refractivity contribution in [1.82, 2.24) is 19.8 Å². The fourth-order valence-electron chi connectivity index (χ4n) is 2.01. The van der Waals surface area contributed by atoms with Gasteiger partial charge in [0.25, 0.3) is 0 Å². The van der Waals surface area contributed by atoms with Gasteiger partial charge in [-0.3, -0.25) is 4.68 Å². The van der Waals surface area contributed by atoms with Crippen LogP contribution in [-0.2, 0) is 23.1 Å². The molecular weight excluding hydrogens is 308 g/mol. The van der Waals surface area contributed by atoms with Crippen LogP contribution in [0.15, 0.2) is 23.4 Å². The van der Waals surface area contributed by atoms with Gasteiger partial charge in [0.1, 0.15) is 0 Å². The molecule has 0 saturated carbocycles. The molecule has 0 aliphatic rings. The summed E-state index contributed by atoms with van der Waals surface area (Å²) in [6, 6.07) is 1.73. The summed E-state index contributed by atoms with van der Waals surface area (Å²) in [6.07, 6.45) is 3.64. The molecule has 0 aromatic carbocycles. The molecule has 2 rings (SSSR count). The first-order valence-corrected chi connectivity index (χ1v) is 8.95. The first-order chi connectivity index (χ1) is 9.92. The topological polar surface area (TPSA) is 76.0 Å². The van der Waals surface area contributed by atoms with Gasteiger partial charge in [-0.1, -0.05) is 0 Å². The first-order valence-electron chi connectivity index (χ1n) is 6.65. The number of hydrogen-bond donors (Lipinski definition) is 2. The van der Waals surface area contributed by atoms with Crippen LogP contribution < -0.4 is 10.0 Å². The summed E-state index contributed by atoms with van der Waals surface area (Å²) in [6.45, 7) is 5.29. The Kier molecular flexibility index (Phi) is 5.15. The van der Waals surface area contributed by atoms with E-state index >= 15 is 0 Å². The minimum atomic E-state index is -3.46. The minimum absolute atomic E-state index is 0.320. The minimum Gasteiger partial charge on any atom is -0.315 e. The van der Waals surface area contributed by atoms with E-state index in [0.717, 1.165) is 15.3 Å². The van der Waals surface area contributed by atoms with Gasteiger partial charge in [-0.25, -0.2) is 13.1 Å². The molecule has 0 unspecified atom stereocenters. The van der Waals surface area contributed by atoms with E-state index in [4.69, 9.17) is 0 Å². The maximum absolute atomic E-state index is 12.3. The lowest BCUT2D eigenvalue weighted by Crippen LogP contribution is -2.27. The number of nitrogens with one attached hydrogen (secondary N) is 2. The predicted molar refractivity (Wildman–Crippen MR) is 84.0 cm³/mol. The van der Waals surface area contributed by atoms with Crippen LogP contribution in [-0.4, -0.2) is 31.8 Å². The average molecular weight is 328 g/mol. The first kappa shape index (κ1) is 16.2. The standard InChI is InChI=1S/C13H20N4O2S2/c1-10-7-15-17(9-10)5-4-16-21(18,19)13-6-12(8-14-3)20-11(13)2/h6-7,9,14,16H,4-5,8H2,1-3H3. The van der Waals surface area contributed by atoms with Crippen molar-refractivity contribution in [3.8, 4) is 0 Å². The zero-order chi connectivity index (χ0) is 15.5. The van der Waals surface area contributed by atoms with Crippen molar-refractivity contribution in [2.45, 2.75) is 31.8 Å². The fourth-order valence-corrected chi connectivity index (χ4v) is 4.68. The van der Waals surface area contributed by atoms with Crippen molar-refractivity contribution in [3.63, 3.8) is 0 Å². The molecule has 0 fully saturated rings. The second kappa shape index (κ2) is 6.69. The molecule has 8 heteroatoms. The predicted octanol–water partition coefficient (Wildman–Crippen LogP) is 1.26. The number of rotatable bonds is 7. The quantitative estimate of drug-likeness (QED) is 0.802. The molecule has 0 radical (unpaired) electrons. The van der Waals surface area contributed by atoms with Crippen molar-refractivity contribution in [3.05, 3.63) is 33.8 Å². The van der Waals surface area contributed by atoms with Gasteiger partial charge in [-0.2, -0.15) is 5.10 Å². The summed E-state index contributed by atoms with van der Waals surface area (Å²) in [4.78, 5) is 2.19. The molecule has 0 aliphatic heterocycles. The zero-order valence-corrected chi connectivity index (χ0v) is 14.0. The highest BCUT2D eigenvalue weighted by molar-refractivity contribution is 7.89. The Morgan fingerprint density at radius 2 is 2.14 bits per heavy atom. The van der Waals surface area contributed by atoms with Gasteiger partial charge in [0.2, 0.25) is 10.0 Å². The molecule has 0 spiro atoms. The van der Waals surface area contributed by atoms with Crippen molar-refractivity contribution >= 4 is 21.4 Å². The highest BCUT2D eigenvalue weighted by Crippen LogP contribution is 2.25. The van der Waals surface area contributed by atoms with E-state index in [0.29, 0.717) is 24.5 Å². The van der Waals surface area contributed by atoms with Crippen LogP contribution >= 0.6 is 11.3 Å². The Labute approximate surface area is 129 Å². The molecule has 0 aliphatic carbocycles. The molecule has 6 nitrogen and oxygen atoms in total. The summed E-state index contributed by atoms with van der Waals surface area (Å²) in [5.74, 6) is 0. The highest BCUT2D eigenvalue weighted by Gasteiger charge is 2.19. The number of nitrogens with zero attached hydrogens (tertiary/aromatic N) is 2. The van der Waals surface area contributed by atoms with Gasteiger partial charge >= 0.3 is 0 Å². The largest absolute Gasteiger partial charge is 0.315 e. The van der Waals surface area contributed by atoms with Crippen LogP contribution in [0.5, 0.6) is 0 Å². The van der Waals surface area contributed by atoms with Gasteiger partial charge in [0.15, 0.2) is 0 Å². The molecule has 2 N–H and O–H groups in total. The van der Waals surface area contributed by atoms with E-state index < -0.39 is 10.0 Å². The summed E-state index contributed by atoms with van der Waals surface area (Å²) >= 11 is 1.50. The number of sulfonamides is 1. The Balaban J connectivity index is 2.01. The monoisotopic (exact) mass is 328 g/mol. The average Bonchev–Trinajstić information content (AvgIpc) is 2.96. The van der Waals surface area contributed by atoms with E-state index in [1.54, 1.807) is 16.9 Å². The second-order valence-corrected chi connectivity index (χ2v) is 7.92. The second-order valence-electron chi connectivity index (χ2n) is 4.84. The molecule has 2 aromatic heterocycles. The number of hydrogen-bond acceptors (Lipinski definition) is 5. The van der Waals surface area contributed by atoms with Crippen LogP contribution in [0, 0.1) is 13.8 Å². The van der Waals surface area contributed by atoms with Crippen molar-refractivity contribution in [2.75, 3.05) is 13.6 Å².